The summed E-state index contributed by atoms with van der Waals surface area (Å²) >= 11 is 0. The number of aromatic nitrogens is 5. The molecule has 5 heteroatoms. The minimum absolute atomic E-state index is 0.906. The van der Waals surface area contributed by atoms with Crippen LogP contribution in [0.3, 0.4) is 0 Å². The molecule has 0 saturated heterocycles. The molecule has 0 radical (unpaired) electrons. The molecule has 0 amide bonds. The van der Waals surface area contributed by atoms with Gasteiger partial charge in [-0.15, -0.1) is 0 Å². The lowest BCUT2D eigenvalue weighted by Gasteiger charge is -2.11. The number of aryl methyl sites for hydroxylation is 1. The molecule has 0 aliphatic carbocycles. The molecule has 0 atom stereocenters. The van der Waals surface area contributed by atoms with E-state index in [1.54, 1.807) is 0 Å². The minimum atomic E-state index is 0.906. The molecule has 4 aromatic heterocycles. The van der Waals surface area contributed by atoms with Crippen molar-refractivity contribution < 1.29 is 0 Å². The summed E-state index contributed by atoms with van der Waals surface area (Å²) in [4.78, 5) is 9.82. The van der Waals surface area contributed by atoms with Crippen molar-refractivity contribution in [3.8, 4) is 22.9 Å². The molecule has 10 rings (SSSR count). The summed E-state index contributed by atoms with van der Waals surface area (Å²) in [6.07, 6.45) is 1.86. The molecule has 6 aromatic carbocycles. The highest BCUT2D eigenvalue weighted by molar-refractivity contribution is 6.22. The monoisotopic (exact) mass is 589 g/mol. The Balaban J connectivity index is 1.32. The molecule has 0 bridgehead atoms. The molecule has 0 unspecified atom stereocenters. The Labute approximate surface area is 264 Å². The van der Waals surface area contributed by atoms with Crippen LogP contribution >= 0.6 is 0 Å². The van der Waals surface area contributed by atoms with Crippen molar-refractivity contribution in [3.05, 3.63) is 146 Å². The van der Waals surface area contributed by atoms with Gasteiger partial charge in [0.25, 0.3) is 0 Å². The highest BCUT2D eigenvalue weighted by Gasteiger charge is 2.19. The molecule has 10 aromatic rings. The minimum Gasteiger partial charge on any atom is -0.327 e. The van der Waals surface area contributed by atoms with Gasteiger partial charge < -0.3 is 9.13 Å². The molecule has 0 N–H and O–H groups in total. The second-order valence-electron chi connectivity index (χ2n) is 12.0. The van der Waals surface area contributed by atoms with Gasteiger partial charge >= 0.3 is 0 Å². The topological polar surface area (TPSA) is 40.6 Å². The third kappa shape index (κ3) is 3.45. The van der Waals surface area contributed by atoms with E-state index in [1.807, 2.05) is 24.4 Å². The molecule has 46 heavy (non-hydrogen) atoms. The number of nitrogens with zero attached hydrogens (tertiary/aromatic N) is 5. The second kappa shape index (κ2) is 9.40. The summed E-state index contributed by atoms with van der Waals surface area (Å²) in [6.45, 7) is 0. The predicted molar refractivity (Wildman–Crippen MR) is 190 cm³/mol. The van der Waals surface area contributed by atoms with E-state index < -0.39 is 0 Å². The van der Waals surface area contributed by atoms with Crippen LogP contribution in [-0.2, 0) is 7.05 Å². The average Bonchev–Trinajstić information content (AvgIpc) is 3.75. The zero-order valence-electron chi connectivity index (χ0n) is 25.1. The second-order valence-corrected chi connectivity index (χ2v) is 12.0. The first-order chi connectivity index (χ1) is 22.7. The van der Waals surface area contributed by atoms with Gasteiger partial charge in [0.2, 0.25) is 0 Å². The number of hydrogen-bond acceptors (Lipinski definition) is 2. The highest BCUT2D eigenvalue weighted by atomic mass is 15.1. The normalized spacial score (nSPS) is 12.0. The molecule has 0 saturated carbocycles. The van der Waals surface area contributed by atoms with Crippen LogP contribution in [0, 0.1) is 0 Å². The Morgan fingerprint density at radius 3 is 2.11 bits per heavy atom. The first-order valence-corrected chi connectivity index (χ1v) is 15.6. The summed E-state index contributed by atoms with van der Waals surface area (Å²) in [7, 11) is 2.10. The van der Waals surface area contributed by atoms with E-state index in [1.165, 1.54) is 37.8 Å². The van der Waals surface area contributed by atoms with Crippen LogP contribution < -0.4 is 0 Å². The molecule has 216 valence electrons. The maximum absolute atomic E-state index is 5.05. The van der Waals surface area contributed by atoms with Crippen LogP contribution in [0.2, 0.25) is 0 Å². The van der Waals surface area contributed by atoms with E-state index >= 15 is 0 Å². The summed E-state index contributed by atoms with van der Waals surface area (Å²) < 4.78 is 6.89. The summed E-state index contributed by atoms with van der Waals surface area (Å²) in [5, 5.41) is 7.39. The van der Waals surface area contributed by atoms with E-state index in [-0.39, 0.29) is 0 Å². The standard InChI is InChI=1S/C41H27N5/c1-44-35-15-7-5-13-33(35)43-41(44)27-17-20-32-37(24-27)45(36-22-18-26-10-2-3-11-29(26)40(32)36)28-19-21-31-30-12-4-6-14-34(30)46(38(31)25-28)39-16-8-9-23-42-39/h2-25H,1H3. The predicted octanol–water partition coefficient (Wildman–Crippen LogP) is 9.98. The van der Waals surface area contributed by atoms with Crippen LogP contribution in [0.15, 0.2) is 146 Å². The van der Waals surface area contributed by atoms with Crippen molar-refractivity contribution in [1.29, 1.82) is 0 Å². The first kappa shape index (κ1) is 25.2. The number of imidazole rings is 1. The summed E-state index contributed by atoms with van der Waals surface area (Å²) in [5.41, 5.74) is 8.90. The Bertz CT molecular complexity index is 2820. The van der Waals surface area contributed by atoms with Gasteiger partial charge in [-0.05, 0) is 65.4 Å². The number of hydrogen-bond donors (Lipinski definition) is 0. The van der Waals surface area contributed by atoms with Crippen molar-refractivity contribution >= 4 is 65.4 Å². The maximum atomic E-state index is 5.05. The van der Waals surface area contributed by atoms with Crippen LogP contribution in [0.1, 0.15) is 0 Å². The Morgan fingerprint density at radius 2 is 1.24 bits per heavy atom. The van der Waals surface area contributed by atoms with Gasteiger partial charge in [0.1, 0.15) is 11.6 Å². The fourth-order valence-corrected chi connectivity index (χ4v) is 7.44. The molecule has 0 aliphatic heterocycles. The van der Waals surface area contributed by atoms with Gasteiger partial charge in [0.05, 0.1) is 33.1 Å². The Hall–Kier alpha value is -6.20. The molecular formula is C41H27N5. The Kier molecular flexibility index (Phi) is 5.14. The maximum Gasteiger partial charge on any atom is 0.140 e. The third-order valence-corrected chi connectivity index (χ3v) is 9.50. The van der Waals surface area contributed by atoms with Gasteiger partial charge in [0, 0.05) is 46.0 Å². The van der Waals surface area contributed by atoms with Gasteiger partial charge in [-0.1, -0.05) is 84.9 Å². The van der Waals surface area contributed by atoms with Crippen molar-refractivity contribution in [3.63, 3.8) is 0 Å². The number of pyridine rings is 1. The lowest BCUT2D eigenvalue weighted by molar-refractivity contribution is 0.959. The van der Waals surface area contributed by atoms with Gasteiger partial charge in [0.15, 0.2) is 0 Å². The molecule has 5 nitrogen and oxygen atoms in total. The lowest BCUT2D eigenvalue weighted by atomic mass is 10.0. The van der Waals surface area contributed by atoms with Crippen molar-refractivity contribution in [2.45, 2.75) is 0 Å². The Morgan fingerprint density at radius 1 is 0.500 bits per heavy atom. The molecule has 0 aliphatic rings. The van der Waals surface area contributed by atoms with E-state index in [9.17, 15) is 0 Å². The van der Waals surface area contributed by atoms with Crippen LogP contribution in [-0.4, -0.2) is 23.7 Å². The SMILES string of the molecule is Cn1c(-c2ccc3c4c5ccccc5ccc4n(-c4ccc5c6ccccc6n(-c6ccccn6)c5c4)c3c2)nc2ccccc21. The van der Waals surface area contributed by atoms with Crippen LogP contribution in [0.25, 0.3) is 88.3 Å². The first-order valence-electron chi connectivity index (χ1n) is 15.6. The molecule has 0 fully saturated rings. The summed E-state index contributed by atoms with van der Waals surface area (Å²) in [5.74, 6) is 1.86. The smallest absolute Gasteiger partial charge is 0.140 e. The lowest BCUT2D eigenvalue weighted by Crippen LogP contribution is -1.98. The number of fused-ring (bicyclic) bond motifs is 9. The highest BCUT2D eigenvalue weighted by Crippen LogP contribution is 2.40. The fourth-order valence-electron chi connectivity index (χ4n) is 7.44. The zero-order valence-corrected chi connectivity index (χ0v) is 25.1. The molecule has 0 spiro atoms. The third-order valence-electron chi connectivity index (χ3n) is 9.50. The van der Waals surface area contributed by atoms with Crippen LogP contribution in [0.4, 0.5) is 0 Å². The van der Waals surface area contributed by atoms with Gasteiger partial charge in [-0.3, -0.25) is 4.57 Å². The van der Waals surface area contributed by atoms with Crippen LogP contribution in [0.5, 0.6) is 0 Å². The fraction of sp³-hybridized carbons (Fsp3) is 0.0244. The van der Waals surface area contributed by atoms with E-state index in [4.69, 9.17) is 9.97 Å². The molecule has 4 heterocycles. The summed E-state index contributed by atoms with van der Waals surface area (Å²) in [6, 6.07) is 49.8. The average molecular weight is 590 g/mol. The van der Waals surface area contributed by atoms with Crippen molar-refractivity contribution in [2.75, 3.05) is 0 Å². The van der Waals surface area contributed by atoms with E-state index in [0.29, 0.717) is 0 Å². The largest absolute Gasteiger partial charge is 0.327 e. The number of para-hydroxylation sites is 3. The number of rotatable bonds is 3. The zero-order chi connectivity index (χ0) is 30.4. The van der Waals surface area contributed by atoms with Crippen molar-refractivity contribution in [2.24, 2.45) is 7.05 Å². The van der Waals surface area contributed by atoms with E-state index in [0.717, 1.165) is 50.5 Å². The quantitative estimate of drug-likeness (QED) is 0.206. The molecular weight excluding hydrogens is 562 g/mol. The van der Waals surface area contributed by atoms with Gasteiger partial charge in [-0.2, -0.15) is 0 Å². The van der Waals surface area contributed by atoms with Crippen molar-refractivity contribution in [1.82, 2.24) is 23.7 Å². The van der Waals surface area contributed by atoms with Gasteiger partial charge in [-0.25, -0.2) is 9.97 Å². The number of benzene rings is 6. The van der Waals surface area contributed by atoms with E-state index in [2.05, 4.69) is 142 Å².